The quantitative estimate of drug-likeness (QED) is 0.531. The molecule has 0 saturated heterocycles. The maximum Gasteiger partial charge on any atom is 0.00455 e. The first-order chi connectivity index (χ1) is 6.29. The molecule has 2 aliphatic rings. The number of allylic oxidation sites excluding steroid dienone is 6. The molecule has 70 valence electrons. The van der Waals surface area contributed by atoms with Crippen LogP contribution in [-0.2, 0) is 0 Å². The molecule has 0 N–H and O–H groups in total. The molecule has 0 radical (unpaired) electrons. The topological polar surface area (TPSA) is 0 Å². The van der Waals surface area contributed by atoms with E-state index in [0.29, 0.717) is 11.8 Å². The Hall–Kier alpha value is -0.780. The Labute approximate surface area is 81.0 Å². The Morgan fingerprint density at radius 3 is 2.92 bits per heavy atom. The van der Waals surface area contributed by atoms with Gasteiger partial charge in [-0.2, -0.15) is 0 Å². The molecule has 0 aliphatic heterocycles. The molecule has 0 aromatic rings. The van der Waals surface area contributed by atoms with Crippen LogP contribution in [0.5, 0.6) is 0 Å². The van der Waals surface area contributed by atoms with Crippen molar-refractivity contribution in [2.75, 3.05) is 0 Å². The summed E-state index contributed by atoms with van der Waals surface area (Å²) >= 11 is 0. The minimum absolute atomic E-state index is 0.695. The van der Waals surface area contributed by atoms with E-state index in [-0.39, 0.29) is 0 Å². The number of rotatable bonds is 1. The van der Waals surface area contributed by atoms with Gasteiger partial charge in [0, 0.05) is 5.92 Å². The van der Waals surface area contributed by atoms with E-state index in [1.54, 1.807) is 5.57 Å². The second-order valence-electron chi connectivity index (χ2n) is 4.40. The van der Waals surface area contributed by atoms with Gasteiger partial charge < -0.3 is 0 Å². The third-order valence-electron chi connectivity index (χ3n) is 3.17. The van der Waals surface area contributed by atoms with Gasteiger partial charge in [-0.3, -0.25) is 0 Å². The van der Waals surface area contributed by atoms with E-state index in [1.165, 1.54) is 12.8 Å². The molecule has 0 spiro atoms. The van der Waals surface area contributed by atoms with Crippen molar-refractivity contribution in [2.24, 2.45) is 17.8 Å². The van der Waals surface area contributed by atoms with Crippen molar-refractivity contribution in [3.05, 3.63) is 36.0 Å². The number of fused-ring (bicyclic) bond motifs is 1. The number of hydrogen-bond acceptors (Lipinski definition) is 0. The van der Waals surface area contributed by atoms with Crippen molar-refractivity contribution >= 4 is 0 Å². The summed E-state index contributed by atoms with van der Waals surface area (Å²) in [4.78, 5) is 0. The highest BCUT2D eigenvalue weighted by molar-refractivity contribution is 5.29. The Bertz CT molecular complexity index is 266. The van der Waals surface area contributed by atoms with Crippen molar-refractivity contribution in [3.63, 3.8) is 0 Å². The first-order valence-electron chi connectivity index (χ1n) is 5.34. The minimum atomic E-state index is 0.695. The van der Waals surface area contributed by atoms with Crippen LogP contribution in [0.3, 0.4) is 0 Å². The molecule has 0 bridgehead atoms. The van der Waals surface area contributed by atoms with Gasteiger partial charge in [0.2, 0.25) is 0 Å². The third kappa shape index (κ3) is 1.63. The molecule has 0 fully saturated rings. The average Bonchev–Trinajstić information content (AvgIpc) is 2.17. The van der Waals surface area contributed by atoms with Crippen LogP contribution in [0.4, 0.5) is 0 Å². The Kier molecular flexibility index (Phi) is 2.39. The van der Waals surface area contributed by atoms with Crippen molar-refractivity contribution in [1.82, 2.24) is 0 Å². The summed E-state index contributed by atoms with van der Waals surface area (Å²) in [5, 5.41) is 0. The molecule has 0 aromatic heterocycles. The molecular weight excluding hydrogens is 156 g/mol. The second kappa shape index (κ2) is 3.53. The van der Waals surface area contributed by atoms with Crippen molar-refractivity contribution < 1.29 is 0 Å². The summed E-state index contributed by atoms with van der Waals surface area (Å²) in [6.07, 6.45) is 14.3. The summed E-state index contributed by atoms with van der Waals surface area (Å²) < 4.78 is 0. The highest BCUT2D eigenvalue weighted by Gasteiger charge is 2.25. The summed E-state index contributed by atoms with van der Waals surface area (Å²) in [6, 6.07) is 0. The highest BCUT2D eigenvalue weighted by atomic mass is 14.3. The van der Waals surface area contributed by atoms with E-state index in [4.69, 9.17) is 0 Å². The van der Waals surface area contributed by atoms with Gasteiger partial charge in [0.15, 0.2) is 0 Å². The Morgan fingerprint density at radius 2 is 2.15 bits per heavy atom. The fourth-order valence-corrected chi connectivity index (χ4v) is 2.43. The second-order valence-corrected chi connectivity index (χ2v) is 4.40. The van der Waals surface area contributed by atoms with Crippen LogP contribution in [0.2, 0.25) is 0 Å². The van der Waals surface area contributed by atoms with Gasteiger partial charge in [0.25, 0.3) is 0 Å². The first-order valence-corrected chi connectivity index (χ1v) is 5.34. The van der Waals surface area contributed by atoms with Gasteiger partial charge in [0.05, 0.1) is 0 Å². The smallest absolute Gasteiger partial charge is 0.00455 e. The van der Waals surface area contributed by atoms with Crippen LogP contribution < -0.4 is 0 Å². The molecular formula is C13H18. The Balaban J connectivity index is 2.26. The van der Waals surface area contributed by atoms with E-state index >= 15 is 0 Å². The van der Waals surface area contributed by atoms with Gasteiger partial charge >= 0.3 is 0 Å². The van der Waals surface area contributed by atoms with Crippen molar-refractivity contribution in [1.29, 1.82) is 0 Å². The fourth-order valence-electron chi connectivity index (χ4n) is 2.43. The molecule has 0 heteroatoms. The maximum absolute atomic E-state index is 2.41. The molecule has 13 heavy (non-hydrogen) atoms. The zero-order valence-corrected chi connectivity index (χ0v) is 8.53. The van der Waals surface area contributed by atoms with Crippen LogP contribution in [0.1, 0.15) is 26.7 Å². The predicted molar refractivity (Wildman–Crippen MR) is 57.4 cm³/mol. The first kappa shape index (κ1) is 8.80. The molecule has 0 aromatic carbocycles. The molecule has 0 amide bonds. The minimum Gasteiger partial charge on any atom is -0.0879 e. The lowest BCUT2D eigenvalue weighted by atomic mass is 9.73. The largest absolute Gasteiger partial charge is 0.0879 e. The third-order valence-corrected chi connectivity index (χ3v) is 3.17. The highest BCUT2D eigenvalue weighted by Crippen LogP contribution is 2.37. The summed E-state index contributed by atoms with van der Waals surface area (Å²) in [6.45, 7) is 4.59. The van der Waals surface area contributed by atoms with Crippen LogP contribution in [0, 0.1) is 17.8 Å². The molecule has 0 heterocycles. The Morgan fingerprint density at radius 1 is 1.31 bits per heavy atom. The number of hydrogen-bond donors (Lipinski definition) is 0. The van der Waals surface area contributed by atoms with Gasteiger partial charge in [-0.05, 0) is 24.7 Å². The van der Waals surface area contributed by atoms with Gasteiger partial charge in [-0.15, -0.1) is 0 Å². The fraction of sp³-hybridized carbons (Fsp3) is 0.538. The van der Waals surface area contributed by atoms with Crippen LogP contribution in [-0.4, -0.2) is 0 Å². The zero-order chi connectivity index (χ0) is 9.26. The normalized spacial score (nSPS) is 31.8. The standard InChI is InChI=1S/C13H18/c1-10(2)12-9-5-7-11-6-3-4-8-13(11)12/h4-5,7-11,13H,3,6H2,1-2H3. The van der Waals surface area contributed by atoms with Gasteiger partial charge in [-0.1, -0.05) is 49.8 Å². The lowest BCUT2D eigenvalue weighted by Crippen LogP contribution is -2.20. The average molecular weight is 174 g/mol. The lowest BCUT2D eigenvalue weighted by molar-refractivity contribution is 0.442. The molecule has 2 unspecified atom stereocenters. The van der Waals surface area contributed by atoms with Gasteiger partial charge in [-0.25, -0.2) is 0 Å². The summed E-state index contributed by atoms with van der Waals surface area (Å²) in [5.41, 5.74) is 1.61. The van der Waals surface area contributed by atoms with E-state index in [2.05, 4.69) is 44.2 Å². The molecule has 2 rings (SSSR count). The molecule has 0 nitrogen and oxygen atoms in total. The van der Waals surface area contributed by atoms with Crippen molar-refractivity contribution in [3.8, 4) is 0 Å². The van der Waals surface area contributed by atoms with Gasteiger partial charge in [0.1, 0.15) is 0 Å². The monoisotopic (exact) mass is 174 g/mol. The van der Waals surface area contributed by atoms with Crippen LogP contribution in [0.15, 0.2) is 36.0 Å². The SMILES string of the molecule is CC(C)C1=CC=CC2CCC=CC12. The van der Waals surface area contributed by atoms with E-state index in [0.717, 1.165) is 5.92 Å². The van der Waals surface area contributed by atoms with E-state index in [1.807, 2.05) is 0 Å². The molecule has 0 saturated carbocycles. The van der Waals surface area contributed by atoms with Crippen molar-refractivity contribution in [2.45, 2.75) is 26.7 Å². The van der Waals surface area contributed by atoms with E-state index < -0.39 is 0 Å². The molecule has 2 atom stereocenters. The lowest BCUT2D eigenvalue weighted by Gasteiger charge is -2.31. The summed E-state index contributed by atoms with van der Waals surface area (Å²) in [7, 11) is 0. The van der Waals surface area contributed by atoms with E-state index in [9.17, 15) is 0 Å². The zero-order valence-electron chi connectivity index (χ0n) is 8.53. The van der Waals surface area contributed by atoms with Crippen LogP contribution in [0.25, 0.3) is 0 Å². The van der Waals surface area contributed by atoms with Crippen LogP contribution >= 0.6 is 0 Å². The summed E-state index contributed by atoms with van der Waals surface area (Å²) in [5.74, 6) is 2.19. The predicted octanol–water partition coefficient (Wildman–Crippen LogP) is 3.72. The molecule has 2 aliphatic carbocycles. The maximum atomic E-state index is 2.41.